The van der Waals surface area contributed by atoms with Crippen LogP contribution in [0.1, 0.15) is 11.1 Å². The molecule has 0 aliphatic rings. The van der Waals surface area contributed by atoms with Gasteiger partial charge in [-0.25, -0.2) is 4.98 Å². The zero-order valence-corrected chi connectivity index (χ0v) is 10.4. The molecule has 1 aromatic rings. The highest BCUT2D eigenvalue weighted by molar-refractivity contribution is 6.17. The molecule has 0 spiro atoms. The van der Waals surface area contributed by atoms with Gasteiger partial charge in [0.15, 0.2) is 0 Å². The molecule has 9 heteroatoms. The van der Waals surface area contributed by atoms with Gasteiger partial charge in [-0.2, -0.15) is 0 Å². The summed E-state index contributed by atoms with van der Waals surface area (Å²) in [6, 6.07) is 0. The standard InChI is InChI=1S/C10H9ClF3NO4/c1-18-9-6(2-7(16)17)8(19-10(12,13)14)5(3-11)4-15-9/h4H,2-3H2,1H3,(H,16,17). The Morgan fingerprint density at radius 1 is 1.53 bits per heavy atom. The van der Waals surface area contributed by atoms with Crippen LogP contribution in [0.25, 0.3) is 0 Å². The number of aromatic nitrogens is 1. The van der Waals surface area contributed by atoms with Crippen molar-refractivity contribution < 1.29 is 32.5 Å². The molecular weight excluding hydrogens is 291 g/mol. The van der Waals surface area contributed by atoms with E-state index in [9.17, 15) is 18.0 Å². The topological polar surface area (TPSA) is 68.7 Å². The van der Waals surface area contributed by atoms with Crippen molar-refractivity contribution in [2.45, 2.75) is 18.7 Å². The van der Waals surface area contributed by atoms with E-state index in [1.54, 1.807) is 0 Å². The summed E-state index contributed by atoms with van der Waals surface area (Å²) >= 11 is 5.49. The number of rotatable bonds is 5. The van der Waals surface area contributed by atoms with Crippen molar-refractivity contribution >= 4 is 17.6 Å². The molecule has 0 unspecified atom stereocenters. The minimum absolute atomic E-state index is 0.0731. The third-order valence-electron chi connectivity index (χ3n) is 2.04. The fourth-order valence-corrected chi connectivity index (χ4v) is 1.58. The van der Waals surface area contributed by atoms with Gasteiger partial charge in [0, 0.05) is 11.8 Å². The maximum atomic E-state index is 12.3. The van der Waals surface area contributed by atoms with Crippen LogP contribution in [0.15, 0.2) is 6.20 Å². The van der Waals surface area contributed by atoms with Gasteiger partial charge in [-0.05, 0) is 0 Å². The van der Waals surface area contributed by atoms with Crippen molar-refractivity contribution in [2.24, 2.45) is 0 Å². The highest BCUT2D eigenvalue weighted by Crippen LogP contribution is 2.35. The minimum Gasteiger partial charge on any atom is -0.481 e. The normalized spacial score (nSPS) is 11.2. The monoisotopic (exact) mass is 299 g/mol. The van der Waals surface area contributed by atoms with E-state index in [4.69, 9.17) is 21.4 Å². The Balaban J connectivity index is 3.38. The van der Waals surface area contributed by atoms with Gasteiger partial charge in [0.05, 0.1) is 25.0 Å². The zero-order chi connectivity index (χ0) is 14.6. The van der Waals surface area contributed by atoms with Crippen LogP contribution in [0.4, 0.5) is 13.2 Å². The van der Waals surface area contributed by atoms with Crippen molar-refractivity contribution in [3.05, 3.63) is 17.3 Å². The molecule has 19 heavy (non-hydrogen) atoms. The lowest BCUT2D eigenvalue weighted by Crippen LogP contribution is -2.20. The first-order valence-electron chi connectivity index (χ1n) is 4.86. The Morgan fingerprint density at radius 3 is 2.58 bits per heavy atom. The predicted molar refractivity (Wildman–Crippen MR) is 58.4 cm³/mol. The summed E-state index contributed by atoms with van der Waals surface area (Å²) in [5, 5.41) is 8.72. The summed E-state index contributed by atoms with van der Waals surface area (Å²) in [6.07, 6.45) is -4.66. The van der Waals surface area contributed by atoms with Crippen LogP contribution in [0, 0.1) is 0 Å². The summed E-state index contributed by atoms with van der Waals surface area (Å²) in [5.74, 6) is -2.60. The van der Waals surface area contributed by atoms with Crippen molar-refractivity contribution in [1.82, 2.24) is 4.98 Å². The number of aliphatic carboxylic acids is 1. The number of carboxylic acids is 1. The van der Waals surface area contributed by atoms with Crippen LogP contribution >= 0.6 is 11.6 Å². The van der Waals surface area contributed by atoms with E-state index in [1.165, 1.54) is 0 Å². The first-order chi connectivity index (χ1) is 8.78. The van der Waals surface area contributed by atoms with Gasteiger partial charge in [0.25, 0.3) is 0 Å². The Hall–Kier alpha value is -1.70. The van der Waals surface area contributed by atoms with E-state index in [0.29, 0.717) is 0 Å². The molecule has 0 saturated heterocycles. The highest BCUT2D eigenvalue weighted by Gasteiger charge is 2.34. The van der Waals surface area contributed by atoms with Gasteiger partial charge in [0.1, 0.15) is 5.75 Å². The molecule has 0 bridgehead atoms. The summed E-state index contributed by atoms with van der Waals surface area (Å²) < 4.78 is 45.6. The number of pyridine rings is 1. The third-order valence-corrected chi connectivity index (χ3v) is 2.33. The zero-order valence-electron chi connectivity index (χ0n) is 9.62. The molecule has 1 N–H and O–H groups in total. The lowest BCUT2D eigenvalue weighted by atomic mass is 10.1. The number of methoxy groups -OCH3 is 1. The van der Waals surface area contributed by atoms with Crippen LogP contribution in [0.2, 0.25) is 0 Å². The second-order valence-corrected chi connectivity index (χ2v) is 3.62. The highest BCUT2D eigenvalue weighted by atomic mass is 35.5. The number of nitrogens with zero attached hydrogens (tertiary/aromatic N) is 1. The number of hydrogen-bond acceptors (Lipinski definition) is 4. The Bertz CT molecular complexity index is 479. The van der Waals surface area contributed by atoms with Crippen molar-refractivity contribution in [2.75, 3.05) is 7.11 Å². The Morgan fingerprint density at radius 2 is 2.16 bits per heavy atom. The lowest BCUT2D eigenvalue weighted by Gasteiger charge is -2.17. The van der Waals surface area contributed by atoms with Crippen molar-refractivity contribution in [3.8, 4) is 11.6 Å². The Kier molecular flexibility index (Phi) is 4.82. The van der Waals surface area contributed by atoms with Crippen LogP contribution in [0.5, 0.6) is 11.6 Å². The third kappa shape index (κ3) is 4.16. The van der Waals surface area contributed by atoms with Gasteiger partial charge in [0.2, 0.25) is 5.88 Å². The summed E-state index contributed by atoms with van der Waals surface area (Å²) in [4.78, 5) is 14.4. The fraction of sp³-hybridized carbons (Fsp3) is 0.400. The summed E-state index contributed by atoms with van der Waals surface area (Å²) in [5.41, 5.74) is -0.387. The van der Waals surface area contributed by atoms with Gasteiger partial charge in [-0.3, -0.25) is 4.79 Å². The molecule has 0 aromatic carbocycles. The quantitative estimate of drug-likeness (QED) is 0.845. The van der Waals surface area contributed by atoms with E-state index in [-0.39, 0.29) is 22.9 Å². The van der Waals surface area contributed by atoms with Gasteiger partial charge in [-0.15, -0.1) is 24.8 Å². The molecule has 0 radical (unpaired) electrons. The van der Waals surface area contributed by atoms with E-state index in [2.05, 4.69) is 9.72 Å². The van der Waals surface area contributed by atoms with Crippen molar-refractivity contribution in [3.63, 3.8) is 0 Å². The van der Waals surface area contributed by atoms with E-state index < -0.39 is 24.5 Å². The number of hydrogen-bond donors (Lipinski definition) is 1. The maximum Gasteiger partial charge on any atom is 0.573 e. The second kappa shape index (κ2) is 5.96. The molecule has 0 aliphatic heterocycles. The molecule has 106 valence electrons. The molecule has 0 saturated carbocycles. The number of carboxylic acid groups (broad SMARTS) is 1. The van der Waals surface area contributed by atoms with E-state index >= 15 is 0 Å². The number of ether oxygens (including phenoxy) is 2. The van der Waals surface area contributed by atoms with E-state index in [0.717, 1.165) is 13.3 Å². The maximum absolute atomic E-state index is 12.3. The first-order valence-corrected chi connectivity index (χ1v) is 5.40. The van der Waals surface area contributed by atoms with Gasteiger partial charge < -0.3 is 14.6 Å². The molecule has 1 rings (SSSR count). The molecular formula is C10H9ClF3NO4. The molecule has 5 nitrogen and oxygen atoms in total. The molecule has 1 aromatic heterocycles. The number of carbonyl (C=O) groups is 1. The molecule has 0 atom stereocenters. The molecule has 0 amide bonds. The van der Waals surface area contributed by atoms with Gasteiger partial charge >= 0.3 is 12.3 Å². The summed E-state index contributed by atoms with van der Waals surface area (Å²) in [6.45, 7) is 0. The Labute approximate surface area is 110 Å². The van der Waals surface area contributed by atoms with Crippen LogP contribution in [-0.2, 0) is 17.1 Å². The molecule has 0 aliphatic carbocycles. The van der Waals surface area contributed by atoms with Crippen LogP contribution < -0.4 is 9.47 Å². The fourth-order valence-electron chi connectivity index (χ4n) is 1.39. The second-order valence-electron chi connectivity index (χ2n) is 3.35. The first kappa shape index (κ1) is 15.4. The van der Waals surface area contributed by atoms with Crippen LogP contribution in [-0.4, -0.2) is 29.5 Å². The van der Waals surface area contributed by atoms with Crippen molar-refractivity contribution in [1.29, 1.82) is 0 Å². The average molecular weight is 300 g/mol. The minimum atomic E-state index is -4.97. The smallest absolute Gasteiger partial charge is 0.481 e. The summed E-state index contributed by atoms with van der Waals surface area (Å²) in [7, 11) is 1.16. The van der Waals surface area contributed by atoms with E-state index in [1.807, 2.05) is 0 Å². The molecule has 0 fully saturated rings. The molecule has 1 heterocycles. The number of alkyl halides is 4. The predicted octanol–water partition coefficient (Wildman–Crippen LogP) is 2.35. The van der Waals surface area contributed by atoms with Crippen LogP contribution in [0.3, 0.4) is 0 Å². The number of halogens is 4. The largest absolute Gasteiger partial charge is 0.573 e. The van der Waals surface area contributed by atoms with Gasteiger partial charge in [-0.1, -0.05) is 0 Å². The lowest BCUT2D eigenvalue weighted by molar-refractivity contribution is -0.275. The average Bonchev–Trinajstić information content (AvgIpc) is 2.28. The SMILES string of the molecule is COc1ncc(CCl)c(OC(F)(F)F)c1CC(=O)O.